The molecule has 0 bridgehead atoms. The maximum absolute atomic E-state index is 12.2. The van der Waals surface area contributed by atoms with Crippen molar-refractivity contribution in [2.75, 3.05) is 26.2 Å². The minimum atomic E-state index is 0.0159. The van der Waals surface area contributed by atoms with Crippen LogP contribution in [0.4, 0.5) is 0 Å². The van der Waals surface area contributed by atoms with Crippen LogP contribution in [0.1, 0.15) is 37.2 Å². The molecule has 3 rings (SSSR count). The zero-order chi connectivity index (χ0) is 14.8. The molecule has 116 valence electrons. The zero-order valence-electron chi connectivity index (χ0n) is 12.8. The molecule has 21 heavy (non-hydrogen) atoms. The summed E-state index contributed by atoms with van der Waals surface area (Å²) in [5.41, 5.74) is 0. The molecule has 1 aromatic heterocycles. The summed E-state index contributed by atoms with van der Waals surface area (Å²) in [5, 5.41) is 0. The Labute approximate surface area is 125 Å². The molecule has 2 fully saturated rings. The summed E-state index contributed by atoms with van der Waals surface area (Å²) >= 11 is 0. The summed E-state index contributed by atoms with van der Waals surface area (Å²) < 4.78 is 11.0. The monoisotopic (exact) mass is 292 g/mol. The molecule has 5 nitrogen and oxygen atoms in total. The molecule has 5 heteroatoms. The van der Waals surface area contributed by atoms with Crippen LogP contribution in [0.15, 0.2) is 22.8 Å². The van der Waals surface area contributed by atoms with Gasteiger partial charge in [0.1, 0.15) is 0 Å². The van der Waals surface area contributed by atoms with E-state index in [1.807, 2.05) is 4.90 Å². The predicted molar refractivity (Wildman–Crippen MR) is 79.2 cm³/mol. The van der Waals surface area contributed by atoms with Crippen LogP contribution in [0.25, 0.3) is 0 Å². The van der Waals surface area contributed by atoms with Gasteiger partial charge in [0.15, 0.2) is 5.76 Å². The number of nitrogens with zero attached hydrogens (tertiary/aromatic N) is 2. The van der Waals surface area contributed by atoms with E-state index in [9.17, 15) is 4.79 Å². The molecular formula is C16H24N2O3. The lowest BCUT2D eigenvalue weighted by Crippen LogP contribution is -2.53. The Morgan fingerprint density at radius 2 is 1.86 bits per heavy atom. The summed E-state index contributed by atoms with van der Waals surface area (Å²) in [6.07, 6.45) is 4.22. The number of hydrogen-bond acceptors (Lipinski definition) is 4. The Morgan fingerprint density at radius 1 is 1.19 bits per heavy atom. The van der Waals surface area contributed by atoms with E-state index in [1.54, 1.807) is 18.4 Å². The highest BCUT2D eigenvalue weighted by Crippen LogP contribution is 2.22. The van der Waals surface area contributed by atoms with Crippen LogP contribution in [0.2, 0.25) is 0 Å². The second-order valence-corrected chi connectivity index (χ2v) is 6.21. The van der Waals surface area contributed by atoms with E-state index in [2.05, 4.69) is 18.7 Å². The highest BCUT2D eigenvalue weighted by Gasteiger charge is 2.32. The molecule has 0 spiro atoms. The van der Waals surface area contributed by atoms with Crippen molar-refractivity contribution in [3.63, 3.8) is 0 Å². The van der Waals surface area contributed by atoms with Crippen molar-refractivity contribution >= 4 is 5.91 Å². The van der Waals surface area contributed by atoms with Gasteiger partial charge < -0.3 is 14.1 Å². The van der Waals surface area contributed by atoms with Gasteiger partial charge in [-0.25, -0.2) is 0 Å². The van der Waals surface area contributed by atoms with E-state index in [0.29, 0.717) is 24.0 Å². The highest BCUT2D eigenvalue weighted by molar-refractivity contribution is 5.91. The number of carbonyl (C=O) groups excluding carboxylic acids is 1. The van der Waals surface area contributed by atoms with Crippen LogP contribution in [-0.4, -0.2) is 60.1 Å². The van der Waals surface area contributed by atoms with Crippen molar-refractivity contribution < 1.29 is 13.9 Å². The number of hydrogen-bond donors (Lipinski definition) is 0. The molecule has 2 atom stereocenters. The summed E-state index contributed by atoms with van der Waals surface area (Å²) in [6.45, 7) is 7.90. The number of piperidine rings is 1. The van der Waals surface area contributed by atoms with Gasteiger partial charge in [0.2, 0.25) is 0 Å². The van der Waals surface area contributed by atoms with Gasteiger partial charge in [-0.15, -0.1) is 0 Å². The largest absolute Gasteiger partial charge is 0.459 e. The molecule has 1 amide bonds. The van der Waals surface area contributed by atoms with Gasteiger partial charge in [0.25, 0.3) is 5.91 Å². The Hall–Kier alpha value is -1.33. The average molecular weight is 292 g/mol. The molecule has 0 N–H and O–H groups in total. The van der Waals surface area contributed by atoms with Crippen molar-refractivity contribution in [2.24, 2.45) is 0 Å². The summed E-state index contributed by atoms with van der Waals surface area (Å²) in [7, 11) is 0. The van der Waals surface area contributed by atoms with E-state index in [4.69, 9.17) is 9.15 Å². The molecule has 2 saturated heterocycles. The van der Waals surface area contributed by atoms with Crippen molar-refractivity contribution in [3.8, 4) is 0 Å². The first-order chi connectivity index (χ1) is 10.1. The molecular weight excluding hydrogens is 268 g/mol. The van der Waals surface area contributed by atoms with E-state index in [0.717, 1.165) is 39.0 Å². The first kappa shape index (κ1) is 14.6. The molecule has 0 saturated carbocycles. The molecule has 0 aromatic carbocycles. The van der Waals surface area contributed by atoms with Gasteiger partial charge in [-0.05, 0) is 38.8 Å². The molecule has 3 heterocycles. The van der Waals surface area contributed by atoms with Gasteiger partial charge in [0, 0.05) is 32.2 Å². The van der Waals surface area contributed by atoms with Gasteiger partial charge >= 0.3 is 0 Å². The fourth-order valence-corrected chi connectivity index (χ4v) is 3.51. The number of furan rings is 1. The summed E-state index contributed by atoms with van der Waals surface area (Å²) in [6, 6.07) is 4.07. The normalized spacial score (nSPS) is 28.8. The number of ether oxygens (including phenoxy) is 1. The van der Waals surface area contributed by atoms with Gasteiger partial charge in [-0.3, -0.25) is 9.69 Å². The van der Waals surface area contributed by atoms with Crippen molar-refractivity contribution in [1.82, 2.24) is 9.80 Å². The second kappa shape index (κ2) is 6.20. The number of likely N-dealkylation sites (tertiary alicyclic amines) is 1. The Morgan fingerprint density at radius 3 is 2.43 bits per heavy atom. The van der Waals surface area contributed by atoms with Crippen LogP contribution in [0, 0.1) is 0 Å². The quantitative estimate of drug-likeness (QED) is 0.836. The van der Waals surface area contributed by atoms with Crippen LogP contribution in [-0.2, 0) is 4.74 Å². The fourth-order valence-electron chi connectivity index (χ4n) is 3.51. The van der Waals surface area contributed by atoms with E-state index < -0.39 is 0 Å². The molecule has 0 aliphatic carbocycles. The summed E-state index contributed by atoms with van der Waals surface area (Å²) in [4.78, 5) is 16.7. The Balaban J connectivity index is 1.54. The third-order valence-corrected chi connectivity index (χ3v) is 4.45. The van der Waals surface area contributed by atoms with E-state index in [1.165, 1.54) is 0 Å². The minimum Gasteiger partial charge on any atom is -0.459 e. The van der Waals surface area contributed by atoms with Gasteiger partial charge in [-0.1, -0.05) is 0 Å². The van der Waals surface area contributed by atoms with Crippen LogP contribution >= 0.6 is 0 Å². The van der Waals surface area contributed by atoms with Gasteiger partial charge in [-0.2, -0.15) is 0 Å². The maximum Gasteiger partial charge on any atom is 0.289 e. The third-order valence-electron chi connectivity index (χ3n) is 4.45. The lowest BCUT2D eigenvalue weighted by atomic mass is 10.0. The number of amides is 1. The number of rotatable bonds is 2. The third kappa shape index (κ3) is 3.30. The molecule has 2 unspecified atom stereocenters. The molecule has 1 aromatic rings. The second-order valence-electron chi connectivity index (χ2n) is 6.21. The minimum absolute atomic E-state index is 0.0159. The van der Waals surface area contributed by atoms with Crippen LogP contribution in [0.3, 0.4) is 0 Å². The SMILES string of the molecule is CC1CN(C2CCN(C(=O)c3ccco3)CC2)CC(C)O1. The lowest BCUT2D eigenvalue weighted by molar-refractivity contribution is -0.0856. The van der Waals surface area contributed by atoms with Crippen molar-refractivity contribution in [3.05, 3.63) is 24.2 Å². The lowest BCUT2D eigenvalue weighted by Gasteiger charge is -2.43. The molecule has 2 aliphatic heterocycles. The molecule has 2 aliphatic rings. The average Bonchev–Trinajstić information content (AvgIpc) is 3.00. The standard InChI is InChI=1S/C16H24N2O3/c1-12-10-18(11-13(2)21-12)14-5-7-17(8-6-14)16(19)15-4-3-9-20-15/h3-4,9,12-14H,5-8,10-11H2,1-2H3. The smallest absolute Gasteiger partial charge is 0.289 e. The Kier molecular flexibility index (Phi) is 4.31. The predicted octanol–water partition coefficient (Wildman–Crippen LogP) is 1.99. The summed E-state index contributed by atoms with van der Waals surface area (Å²) in [5.74, 6) is 0.462. The Bertz CT molecular complexity index is 456. The van der Waals surface area contributed by atoms with Crippen molar-refractivity contribution in [2.45, 2.75) is 44.9 Å². The highest BCUT2D eigenvalue weighted by atomic mass is 16.5. The topological polar surface area (TPSA) is 45.9 Å². The first-order valence-corrected chi connectivity index (χ1v) is 7.86. The van der Waals surface area contributed by atoms with E-state index in [-0.39, 0.29) is 5.91 Å². The molecule has 0 radical (unpaired) electrons. The fraction of sp³-hybridized carbons (Fsp3) is 0.688. The van der Waals surface area contributed by atoms with Crippen LogP contribution in [0.5, 0.6) is 0 Å². The number of carbonyl (C=O) groups is 1. The van der Waals surface area contributed by atoms with E-state index >= 15 is 0 Å². The van der Waals surface area contributed by atoms with Crippen molar-refractivity contribution in [1.29, 1.82) is 0 Å². The zero-order valence-corrected chi connectivity index (χ0v) is 12.8. The maximum atomic E-state index is 12.2. The van der Waals surface area contributed by atoms with Crippen LogP contribution < -0.4 is 0 Å². The van der Waals surface area contributed by atoms with Gasteiger partial charge in [0.05, 0.1) is 18.5 Å². The number of morpholine rings is 1. The first-order valence-electron chi connectivity index (χ1n) is 7.86.